The second-order valence-electron chi connectivity index (χ2n) is 4.37. The van der Waals surface area contributed by atoms with Gasteiger partial charge in [0.05, 0.1) is 6.04 Å². The van der Waals surface area contributed by atoms with Gasteiger partial charge in [-0.2, -0.15) is 0 Å². The number of nitrogens with two attached hydrogens (primary N) is 1. The first-order valence-corrected chi connectivity index (χ1v) is 5.80. The number of imidazole rings is 1. The Bertz CT molecular complexity index is 283. The molecule has 0 amide bonds. The molecule has 0 spiro atoms. The topological polar surface area (TPSA) is 66.7 Å². The third-order valence-electron chi connectivity index (χ3n) is 3.17. The van der Waals surface area contributed by atoms with Crippen LogP contribution in [0.25, 0.3) is 0 Å². The van der Waals surface area contributed by atoms with Crippen LogP contribution in [0.5, 0.6) is 0 Å². The van der Waals surface area contributed by atoms with Crippen molar-refractivity contribution in [2.45, 2.75) is 50.7 Å². The number of aromatic nitrogens is 2. The molecule has 1 aromatic rings. The zero-order valence-electron chi connectivity index (χ0n) is 9.24. The van der Waals surface area contributed by atoms with Gasteiger partial charge in [0.15, 0.2) is 0 Å². The SMILES string of the molecule is CCC(NC1CCC(N)C1)c1ncc[nH]1. The Hall–Kier alpha value is -0.870. The van der Waals surface area contributed by atoms with E-state index in [1.54, 1.807) is 6.20 Å². The van der Waals surface area contributed by atoms with Crippen LogP contribution in [-0.4, -0.2) is 22.1 Å². The van der Waals surface area contributed by atoms with Gasteiger partial charge in [0.25, 0.3) is 0 Å². The van der Waals surface area contributed by atoms with E-state index in [1.165, 1.54) is 6.42 Å². The van der Waals surface area contributed by atoms with Gasteiger partial charge in [-0.1, -0.05) is 6.92 Å². The van der Waals surface area contributed by atoms with Crippen molar-refractivity contribution in [2.75, 3.05) is 0 Å². The van der Waals surface area contributed by atoms with Gasteiger partial charge in [-0.15, -0.1) is 0 Å². The van der Waals surface area contributed by atoms with E-state index in [4.69, 9.17) is 5.73 Å². The van der Waals surface area contributed by atoms with Gasteiger partial charge in [0.2, 0.25) is 0 Å². The molecular weight excluding hydrogens is 188 g/mol. The molecule has 3 unspecified atom stereocenters. The van der Waals surface area contributed by atoms with E-state index in [-0.39, 0.29) is 0 Å². The molecule has 0 aliphatic heterocycles. The Labute approximate surface area is 90.7 Å². The molecule has 0 aromatic carbocycles. The van der Waals surface area contributed by atoms with Gasteiger partial charge in [-0.05, 0) is 25.7 Å². The Kier molecular flexibility index (Phi) is 3.38. The summed E-state index contributed by atoms with van der Waals surface area (Å²) < 4.78 is 0. The van der Waals surface area contributed by atoms with Crippen LogP contribution in [0, 0.1) is 0 Å². The molecule has 1 saturated carbocycles. The highest BCUT2D eigenvalue weighted by molar-refractivity contribution is 4.97. The molecule has 1 heterocycles. The summed E-state index contributed by atoms with van der Waals surface area (Å²) in [6.07, 6.45) is 8.17. The summed E-state index contributed by atoms with van der Waals surface area (Å²) in [5.41, 5.74) is 5.90. The van der Waals surface area contributed by atoms with Crippen LogP contribution in [-0.2, 0) is 0 Å². The lowest BCUT2D eigenvalue weighted by atomic mass is 10.1. The van der Waals surface area contributed by atoms with Crippen molar-refractivity contribution >= 4 is 0 Å². The Morgan fingerprint density at radius 2 is 2.53 bits per heavy atom. The first kappa shape index (κ1) is 10.6. The van der Waals surface area contributed by atoms with E-state index in [1.807, 2.05) is 6.20 Å². The van der Waals surface area contributed by atoms with Crippen LogP contribution >= 0.6 is 0 Å². The van der Waals surface area contributed by atoms with Gasteiger partial charge in [-0.25, -0.2) is 4.98 Å². The number of hydrogen-bond acceptors (Lipinski definition) is 3. The summed E-state index contributed by atoms with van der Waals surface area (Å²) in [7, 11) is 0. The first-order valence-electron chi connectivity index (χ1n) is 5.80. The zero-order chi connectivity index (χ0) is 10.7. The molecule has 0 bridgehead atoms. The first-order chi connectivity index (χ1) is 7.29. The predicted octanol–water partition coefficient (Wildman–Crippen LogP) is 1.33. The van der Waals surface area contributed by atoms with Crippen molar-refractivity contribution < 1.29 is 0 Å². The predicted molar refractivity (Wildman–Crippen MR) is 60.4 cm³/mol. The van der Waals surface area contributed by atoms with Gasteiger partial charge in [0, 0.05) is 24.5 Å². The maximum Gasteiger partial charge on any atom is 0.123 e. The highest BCUT2D eigenvalue weighted by Gasteiger charge is 2.24. The van der Waals surface area contributed by atoms with Crippen LogP contribution in [0.4, 0.5) is 0 Å². The molecule has 3 atom stereocenters. The van der Waals surface area contributed by atoms with E-state index in [9.17, 15) is 0 Å². The smallest absolute Gasteiger partial charge is 0.123 e. The van der Waals surface area contributed by atoms with Crippen LogP contribution in [0.1, 0.15) is 44.5 Å². The number of rotatable bonds is 4. The van der Waals surface area contributed by atoms with Crippen LogP contribution in [0.15, 0.2) is 12.4 Å². The van der Waals surface area contributed by atoms with E-state index in [0.29, 0.717) is 18.1 Å². The average molecular weight is 208 g/mol. The Morgan fingerprint density at radius 1 is 1.67 bits per heavy atom. The number of nitrogens with one attached hydrogen (secondary N) is 2. The van der Waals surface area contributed by atoms with Crippen molar-refractivity contribution in [1.29, 1.82) is 0 Å². The molecule has 4 nitrogen and oxygen atoms in total. The fourth-order valence-corrected chi connectivity index (χ4v) is 2.31. The summed E-state index contributed by atoms with van der Waals surface area (Å²) in [6, 6.07) is 1.29. The van der Waals surface area contributed by atoms with Crippen LogP contribution < -0.4 is 11.1 Å². The van der Waals surface area contributed by atoms with Gasteiger partial charge in [0.1, 0.15) is 5.82 Å². The van der Waals surface area contributed by atoms with Gasteiger partial charge >= 0.3 is 0 Å². The molecule has 1 aliphatic carbocycles. The molecule has 1 aromatic heterocycles. The van der Waals surface area contributed by atoms with E-state index < -0.39 is 0 Å². The quantitative estimate of drug-likeness (QED) is 0.699. The highest BCUT2D eigenvalue weighted by Crippen LogP contribution is 2.21. The molecule has 1 aliphatic rings. The van der Waals surface area contributed by atoms with Gasteiger partial charge < -0.3 is 16.0 Å². The summed E-state index contributed by atoms with van der Waals surface area (Å²) in [5, 5.41) is 3.62. The van der Waals surface area contributed by atoms with Crippen molar-refractivity contribution in [3.05, 3.63) is 18.2 Å². The summed E-state index contributed by atoms with van der Waals surface area (Å²) in [4.78, 5) is 7.47. The fraction of sp³-hybridized carbons (Fsp3) is 0.727. The lowest BCUT2D eigenvalue weighted by Gasteiger charge is -2.20. The van der Waals surface area contributed by atoms with Crippen molar-refractivity contribution in [3.8, 4) is 0 Å². The molecule has 0 saturated heterocycles. The summed E-state index contributed by atoms with van der Waals surface area (Å²) in [6.45, 7) is 2.18. The number of H-pyrrole nitrogens is 1. The minimum Gasteiger partial charge on any atom is -0.347 e. The minimum atomic E-state index is 0.343. The normalized spacial score (nSPS) is 28.1. The fourth-order valence-electron chi connectivity index (χ4n) is 2.31. The minimum absolute atomic E-state index is 0.343. The lowest BCUT2D eigenvalue weighted by molar-refractivity contribution is 0.415. The standard InChI is InChI=1S/C11H20N4/c1-2-10(11-13-5-6-14-11)15-9-4-3-8(12)7-9/h5-6,8-10,15H,2-4,7,12H2,1H3,(H,13,14). The molecule has 2 rings (SSSR count). The largest absolute Gasteiger partial charge is 0.347 e. The zero-order valence-corrected chi connectivity index (χ0v) is 9.24. The van der Waals surface area contributed by atoms with E-state index in [0.717, 1.165) is 25.1 Å². The van der Waals surface area contributed by atoms with Crippen LogP contribution in [0.3, 0.4) is 0 Å². The van der Waals surface area contributed by atoms with Crippen molar-refractivity contribution in [3.63, 3.8) is 0 Å². The van der Waals surface area contributed by atoms with Crippen molar-refractivity contribution in [2.24, 2.45) is 5.73 Å². The third-order valence-corrected chi connectivity index (χ3v) is 3.17. The second-order valence-corrected chi connectivity index (χ2v) is 4.37. The van der Waals surface area contributed by atoms with Crippen LogP contribution in [0.2, 0.25) is 0 Å². The maximum absolute atomic E-state index is 5.90. The lowest BCUT2D eigenvalue weighted by Crippen LogP contribution is -2.32. The van der Waals surface area contributed by atoms with E-state index in [2.05, 4.69) is 22.2 Å². The number of nitrogens with zero attached hydrogens (tertiary/aromatic N) is 1. The molecule has 15 heavy (non-hydrogen) atoms. The molecule has 84 valence electrons. The number of aromatic amines is 1. The second kappa shape index (κ2) is 4.77. The molecule has 4 N–H and O–H groups in total. The highest BCUT2D eigenvalue weighted by atomic mass is 15.0. The molecule has 1 fully saturated rings. The third kappa shape index (κ3) is 2.58. The van der Waals surface area contributed by atoms with Gasteiger partial charge in [-0.3, -0.25) is 0 Å². The maximum atomic E-state index is 5.90. The summed E-state index contributed by atoms with van der Waals surface area (Å²) in [5.74, 6) is 1.04. The Morgan fingerprint density at radius 3 is 3.07 bits per heavy atom. The average Bonchev–Trinajstić information content (AvgIpc) is 2.85. The molecule has 0 radical (unpaired) electrons. The monoisotopic (exact) mass is 208 g/mol. The molecular formula is C11H20N4. The molecule has 4 heteroatoms. The number of hydrogen-bond donors (Lipinski definition) is 3. The van der Waals surface area contributed by atoms with E-state index >= 15 is 0 Å². The van der Waals surface area contributed by atoms with Crippen molar-refractivity contribution in [1.82, 2.24) is 15.3 Å². The Balaban J connectivity index is 1.91. The summed E-state index contributed by atoms with van der Waals surface area (Å²) >= 11 is 0.